The normalized spacial score (nSPS) is 8.62. The van der Waals surface area contributed by atoms with Crippen molar-refractivity contribution < 1.29 is 0 Å². The molecule has 0 saturated carbocycles. The van der Waals surface area contributed by atoms with E-state index in [1.165, 1.54) is 10.8 Å². The van der Waals surface area contributed by atoms with Crippen molar-refractivity contribution in [2.24, 2.45) is 0 Å². The monoisotopic (exact) mass is 217 g/mol. The van der Waals surface area contributed by atoms with Crippen LogP contribution in [0, 0.1) is 13.8 Å². The molecule has 1 heterocycles. The summed E-state index contributed by atoms with van der Waals surface area (Å²) in [5.74, 6) is 0. The van der Waals surface area contributed by atoms with Gasteiger partial charge in [0.15, 0.2) is 0 Å². The Balaban J connectivity index is 0.000000509. The van der Waals surface area contributed by atoms with Crippen LogP contribution >= 0.6 is 0 Å². The third-order valence-corrected chi connectivity index (χ3v) is 2.06. The summed E-state index contributed by atoms with van der Waals surface area (Å²) in [6, 6.07) is 10.4. The molecule has 0 aliphatic rings. The lowest BCUT2D eigenvalue weighted by Crippen LogP contribution is -1.86. The predicted molar refractivity (Wildman–Crippen MR) is 73.9 cm³/mol. The van der Waals surface area contributed by atoms with Crippen molar-refractivity contribution in [2.45, 2.75) is 41.5 Å². The van der Waals surface area contributed by atoms with E-state index in [4.69, 9.17) is 0 Å². The van der Waals surface area contributed by atoms with Crippen LogP contribution < -0.4 is 0 Å². The van der Waals surface area contributed by atoms with E-state index in [9.17, 15) is 0 Å². The molecule has 0 aliphatic carbocycles. The second-order valence-electron chi connectivity index (χ2n) is 3.07. The Bertz CT molecular complexity index is 419. The molecule has 0 aliphatic heterocycles. The molecule has 0 saturated heterocycles. The number of nitrogens with zero attached hydrogens (tertiary/aromatic N) is 1. The molecule has 0 radical (unpaired) electrons. The summed E-state index contributed by atoms with van der Waals surface area (Å²) >= 11 is 0. The minimum Gasteiger partial charge on any atom is -0.258 e. The topological polar surface area (TPSA) is 12.9 Å². The second-order valence-corrected chi connectivity index (χ2v) is 3.07. The van der Waals surface area contributed by atoms with Gasteiger partial charge in [-0.1, -0.05) is 52.0 Å². The molecule has 1 heteroatoms. The fraction of sp³-hybridized carbons (Fsp3) is 0.400. The van der Waals surface area contributed by atoms with Crippen molar-refractivity contribution >= 4 is 10.8 Å². The zero-order valence-corrected chi connectivity index (χ0v) is 11.3. The van der Waals surface area contributed by atoms with Crippen LogP contribution in [-0.4, -0.2) is 4.98 Å². The van der Waals surface area contributed by atoms with Gasteiger partial charge in [0, 0.05) is 16.8 Å². The first-order chi connectivity index (χ1) is 7.77. The van der Waals surface area contributed by atoms with Gasteiger partial charge in [0.2, 0.25) is 0 Å². The smallest absolute Gasteiger partial charge is 0.0454 e. The van der Waals surface area contributed by atoms with E-state index < -0.39 is 0 Å². The summed E-state index contributed by atoms with van der Waals surface area (Å²) < 4.78 is 0. The van der Waals surface area contributed by atoms with Crippen molar-refractivity contribution in [2.75, 3.05) is 0 Å². The van der Waals surface area contributed by atoms with Crippen LogP contribution in [0.5, 0.6) is 0 Å². The number of benzene rings is 1. The molecule has 0 spiro atoms. The first-order valence-corrected chi connectivity index (χ1v) is 6.10. The van der Waals surface area contributed by atoms with E-state index in [2.05, 4.69) is 36.2 Å². The maximum absolute atomic E-state index is 4.40. The number of fused-ring (bicyclic) bond motifs is 1. The standard InChI is InChI=1S/C11H11N.2C2H6/c1-8-7-10-5-3-4-6-11(10)9(2)12-8;2*1-2/h3-7H,1-2H3;2*1-2H3. The summed E-state index contributed by atoms with van der Waals surface area (Å²) in [6.07, 6.45) is 0. The molecule has 0 unspecified atom stereocenters. The number of aryl methyl sites for hydroxylation is 2. The van der Waals surface area contributed by atoms with Crippen molar-refractivity contribution in [1.29, 1.82) is 0 Å². The van der Waals surface area contributed by atoms with E-state index in [1.807, 2.05) is 40.7 Å². The van der Waals surface area contributed by atoms with Crippen molar-refractivity contribution in [3.05, 3.63) is 41.7 Å². The van der Waals surface area contributed by atoms with Gasteiger partial charge in [0.1, 0.15) is 0 Å². The number of pyridine rings is 1. The quantitative estimate of drug-likeness (QED) is 0.611. The summed E-state index contributed by atoms with van der Waals surface area (Å²) in [5, 5.41) is 2.53. The Morgan fingerprint density at radius 1 is 0.875 bits per heavy atom. The van der Waals surface area contributed by atoms with E-state index in [1.54, 1.807) is 0 Å². The molecule has 88 valence electrons. The van der Waals surface area contributed by atoms with Gasteiger partial charge in [-0.25, -0.2) is 0 Å². The first-order valence-electron chi connectivity index (χ1n) is 6.10. The molecule has 1 aromatic heterocycles. The van der Waals surface area contributed by atoms with Gasteiger partial charge in [-0.15, -0.1) is 0 Å². The van der Waals surface area contributed by atoms with E-state index in [-0.39, 0.29) is 0 Å². The summed E-state index contributed by atoms with van der Waals surface area (Å²) in [6.45, 7) is 12.1. The zero-order valence-electron chi connectivity index (χ0n) is 11.3. The average molecular weight is 217 g/mol. The number of hydrogen-bond donors (Lipinski definition) is 0. The highest BCUT2D eigenvalue weighted by atomic mass is 14.7. The van der Waals surface area contributed by atoms with E-state index in [0.29, 0.717) is 0 Å². The Hall–Kier alpha value is -1.37. The molecule has 0 N–H and O–H groups in total. The molecule has 16 heavy (non-hydrogen) atoms. The maximum Gasteiger partial charge on any atom is 0.0454 e. The van der Waals surface area contributed by atoms with Crippen LogP contribution in [0.25, 0.3) is 10.8 Å². The van der Waals surface area contributed by atoms with Crippen LogP contribution in [0.15, 0.2) is 30.3 Å². The Kier molecular flexibility index (Phi) is 7.19. The predicted octanol–water partition coefficient (Wildman–Crippen LogP) is 4.90. The molecular weight excluding hydrogens is 194 g/mol. The highest BCUT2D eigenvalue weighted by Gasteiger charge is 1.97. The van der Waals surface area contributed by atoms with Gasteiger partial charge in [-0.2, -0.15) is 0 Å². The maximum atomic E-state index is 4.40. The molecule has 2 aromatic rings. The largest absolute Gasteiger partial charge is 0.258 e. The molecular formula is C15H23N. The Morgan fingerprint density at radius 3 is 2.06 bits per heavy atom. The molecule has 0 bridgehead atoms. The molecule has 1 aromatic carbocycles. The third-order valence-electron chi connectivity index (χ3n) is 2.06. The van der Waals surface area contributed by atoms with Gasteiger partial charge < -0.3 is 0 Å². The molecule has 0 fully saturated rings. The summed E-state index contributed by atoms with van der Waals surface area (Å²) in [5.41, 5.74) is 2.21. The van der Waals surface area contributed by atoms with Crippen LogP contribution in [-0.2, 0) is 0 Å². The second kappa shape index (κ2) is 7.86. The van der Waals surface area contributed by atoms with Crippen molar-refractivity contribution in [1.82, 2.24) is 4.98 Å². The van der Waals surface area contributed by atoms with Gasteiger partial charge in [0.25, 0.3) is 0 Å². The molecule has 2 rings (SSSR count). The highest BCUT2D eigenvalue weighted by molar-refractivity contribution is 5.84. The van der Waals surface area contributed by atoms with Crippen LogP contribution in [0.2, 0.25) is 0 Å². The SMILES string of the molecule is CC.CC.Cc1cc2ccccc2c(C)n1. The Labute approximate surface area is 99.5 Å². The molecule has 1 nitrogen and oxygen atoms in total. The van der Waals surface area contributed by atoms with E-state index >= 15 is 0 Å². The van der Waals surface area contributed by atoms with Crippen LogP contribution in [0.4, 0.5) is 0 Å². The minimum absolute atomic E-state index is 1.09. The lowest BCUT2D eigenvalue weighted by atomic mass is 10.1. The van der Waals surface area contributed by atoms with Gasteiger partial charge in [-0.3, -0.25) is 4.98 Å². The van der Waals surface area contributed by atoms with E-state index in [0.717, 1.165) is 11.4 Å². The third kappa shape index (κ3) is 3.65. The molecule has 0 amide bonds. The number of hydrogen-bond acceptors (Lipinski definition) is 1. The fourth-order valence-electron chi connectivity index (χ4n) is 1.53. The van der Waals surface area contributed by atoms with Crippen molar-refractivity contribution in [3.8, 4) is 0 Å². The van der Waals surface area contributed by atoms with Gasteiger partial charge in [0.05, 0.1) is 0 Å². The van der Waals surface area contributed by atoms with Crippen molar-refractivity contribution in [3.63, 3.8) is 0 Å². The summed E-state index contributed by atoms with van der Waals surface area (Å²) in [7, 11) is 0. The highest BCUT2D eigenvalue weighted by Crippen LogP contribution is 2.16. The van der Waals surface area contributed by atoms with Gasteiger partial charge in [-0.05, 0) is 25.3 Å². The molecule has 0 atom stereocenters. The van der Waals surface area contributed by atoms with Crippen LogP contribution in [0.3, 0.4) is 0 Å². The van der Waals surface area contributed by atoms with Crippen LogP contribution in [0.1, 0.15) is 39.1 Å². The lowest BCUT2D eigenvalue weighted by Gasteiger charge is -2.01. The fourth-order valence-corrected chi connectivity index (χ4v) is 1.53. The summed E-state index contributed by atoms with van der Waals surface area (Å²) in [4.78, 5) is 4.40. The Morgan fingerprint density at radius 2 is 1.44 bits per heavy atom. The minimum atomic E-state index is 1.09. The lowest BCUT2D eigenvalue weighted by molar-refractivity contribution is 1.15. The van der Waals surface area contributed by atoms with Gasteiger partial charge >= 0.3 is 0 Å². The average Bonchev–Trinajstić information content (AvgIpc) is 2.34. The number of rotatable bonds is 0. The zero-order chi connectivity index (χ0) is 12.6. The number of aromatic nitrogens is 1. The first kappa shape index (κ1) is 14.6.